The predicted molar refractivity (Wildman–Crippen MR) is 65.1 cm³/mol. The molecule has 0 heterocycles. The Balaban J connectivity index is 1.82. The number of benzene rings is 1. The van der Waals surface area contributed by atoms with E-state index in [1.807, 2.05) is 0 Å². The number of aliphatic hydroxyl groups is 1. The Hall–Kier alpha value is -0.820. The van der Waals surface area contributed by atoms with Crippen molar-refractivity contribution in [2.45, 2.75) is 32.1 Å². The summed E-state index contributed by atoms with van der Waals surface area (Å²) in [5.74, 6) is 1.68. The number of rotatable bonds is 3. The van der Waals surface area contributed by atoms with Crippen molar-refractivity contribution >= 4 is 0 Å². The van der Waals surface area contributed by atoms with Crippen molar-refractivity contribution in [1.29, 1.82) is 0 Å². The molecule has 16 heavy (non-hydrogen) atoms. The molecule has 0 amide bonds. The van der Waals surface area contributed by atoms with Crippen LogP contribution in [0.15, 0.2) is 30.3 Å². The van der Waals surface area contributed by atoms with Crippen LogP contribution in [0.1, 0.15) is 31.2 Å². The number of aliphatic hydroxyl groups excluding tert-OH is 1. The normalized spacial score (nSPS) is 36.8. The van der Waals surface area contributed by atoms with E-state index in [9.17, 15) is 5.11 Å². The molecule has 0 radical (unpaired) electrons. The van der Waals surface area contributed by atoms with E-state index < -0.39 is 0 Å². The van der Waals surface area contributed by atoms with Crippen LogP contribution >= 0.6 is 0 Å². The average molecular weight is 216 g/mol. The molecule has 3 rings (SSSR count). The summed E-state index contributed by atoms with van der Waals surface area (Å²) < 4.78 is 0. The highest BCUT2D eigenvalue weighted by atomic mass is 16.3. The second-order valence-corrected chi connectivity index (χ2v) is 5.76. The van der Waals surface area contributed by atoms with Crippen molar-refractivity contribution in [3.63, 3.8) is 0 Å². The van der Waals surface area contributed by atoms with Gasteiger partial charge in [-0.25, -0.2) is 0 Å². The molecule has 2 bridgehead atoms. The zero-order chi connectivity index (χ0) is 11.0. The molecule has 1 N–H and O–H groups in total. The minimum atomic E-state index is 0.213. The molecule has 1 aromatic carbocycles. The Morgan fingerprint density at radius 3 is 2.56 bits per heavy atom. The van der Waals surface area contributed by atoms with Crippen molar-refractivity contribution in [3.05, 3.63) is 35.9 Å². The summed E-state index contributed by atoms with van der Waals surface area (Å²) >= 11 is 0. The zero-order valence-electron chi connectivity index (χ0n) is 9.73. The first-order valence-corrected chi connectivity index (χ1v) is 6.47. The van der Waals surface area contributed by atoms with Gasteiger partial charge in [-0.15, -0.1) is 0 Å². The topological polar surface area (TPSA) is 20.2 Å². The zero-order valence-corrected chi connectivity index (χ0v) is 9.73. The Kier molecular flexibility index (Phi) is 2.51. The lowest BCUT2D eigenvalue weighted by Gasteiger charge is -2.36. The first kappa shape index (κ1) is 10.3. The SMILES string of the molecule is OCC1(Cc2ccccc2)CC2CCC1C2. The fraction of sp³-hybridized carbons (Fsp3) is 0.600. The van der Waals surface area contributed by atoms with E-state index in [2.05, 4.69) is 30.3 Å². The minimum Gasteiger partial charge on any atom is -0.396 e. The largest absolute Gasteiger partial charge is 0.396 e. The Labute approximate surface area is 97.5 Å². The molecule has 1 nitrogen and oxygen atoms in total. The number of fused-ring (bicyclic) bond motifs is 2. The molecule has 0 saturated heterocycles. The fourth-order valence-corrected chi connectivity index (χ4v) is 4.03. The van der Waals surface area contributed by atoms with E-state index in [0.29, 0.717) is 6.61 Å². The molecule has 2 saturated carbocycles. The van der Waals surface area contributed by atoms with Gasteiger partial charge in [0.25, 0.3) is 0 Å². The highest BCUT2D eigenvalue weighted by Crippen LogP contribution is 2.56. The molecule has 2 aliphatic carbocycles. The summed E-state index contributed by atoms with van der Waals surface area (Å²) in [4.78, 5) is 0. The minimum absolute atomic E-state index is 0.213. The van der Waals surface area contributed by atoms with Crippen LogP contribution in [-0.2, 0) is 6.42 Å². The second kappa shape index (κ2) is 3.89. The van der Waals surface area contributed by atoms with Crippen LogP contribution in [0.4, 0.5) is 0 Å². The van der Waals surface area contributed by atoms with E-state index in [1.54, 1.807) is 0 Å². The number of hydrogen-bond donors (Lipinski definition) is 1. The van der Waals surface area contributed by atoms with E-state index >= 15 is 0 Å². The molecular formula is C15H20O. The van der Waals surface area contributed by atoms with E-state index in [-0.39, 0.29) is 5.41 Å². The van der Waals surface area contributed by atoms with E-state index in [4.69, 9.17) is 0 Å². The van der Waals surface area contributed by atoms with Crippen LogP contribution in [0.25, 0.3) is 0 Å². The highest BCUT2D eigenvalue weighted by molar-refractivity contribution is 5.18. The van der Waals surface area contributed by atoms with Gasteiger partial charge in [0.05, 0.1) is 0 Å². The monoisotopic (exact) mass is 216 g/mol. The van der Waals surface area contributed by atoms with Crippen LogP contribution in [-0.4, -0.2) is 11.7 Å². The fourth-order valence-electron chi connectivity index (χ4n) is 4.03. The molecule has 1 heteroatoms. The molecule has 3 unspecified atom stereocenters. The summed E-state index contributed by atoms with van der Waals surface area (Å²) in [5.41, 5.74) is 1.61. The standard InChI is InChI=1S/C15H20O/c16-11-15(9-12-4-2-1-3-5-12)10-13-6-7-14(15)8-13/h1-5,13-14,16H,6-11H2. The Bertz CT molecular complexity index is 359. The average Bonchev–Trinajstić information content (AvgIpc) is 2.91. The maximum absolute atomic E-state index is 9.80. The maximum Gasteiger partial charge on any atom is 0.0493 e. The van der Waals surface area contributed by atoms with Gasteiger partial charge in [0.15, 0.2) is 0 Å². The summed E-state index contributed by atoms with van der Waals surface area (Å²) in [7, 11) is 0. The van der Waals surface area contributed by atoms with Crippen LogP contribution < -0.4 is 0 Å². The first-order chi connectivity index (χ1) is 7.82. The number of hydrogen-bond acceptors (Lipinski definition) is 1. The van der Waals surface area contributed by atoms with Crippen LogP contribution in [0.2, 0.25) is 0 Å². The van der Waals surface area contributed by atoms with Gasteiger partial charge in [0.2, 0.25) is 0 Å². The van der Waals surface area contributed by atoms with E-state index in [1.165, 1.54) is 31.2 Å². The molecule has 0 aromatic heterocycles. The van der Waals surface area contributed by atoms with Gasteiger partial charge in [0, 0.05) is 12.0 Å². The van der Waals surface area contributed by atoms with Crippen LogP contribution in [0, 0.1) is 17.3 Å². The van der Waals surface area contributed by atoms with Gasteiger partial charge in [-0.2, -0.15) is 0 Å². The molecule has 2 fully saturated rings. The molecule has 86 valence electrons. The maximum atomic E-state index is 9.80. The molecule has 0 spiro atoms. The van der Waals surface area contributed by atoms with Crippen LogP contribution in [0.3, 0.4) is 0 Å². The van der Waals surface area contributed by atoms with Gasteiger partial charge in [-0.1, -0.05) is 36.8 Å². The van der Waals surface area contributed by atoms with Gasteiger partial charge in [-0.3, -0.25) is 0 Å². The molecule has 1 aromatic rings. The summed E-state index contributed by atoms with van der Waals surface area (Å²) in [5, 5.41) is 9.80. The van der Waals surface area contributed by atoms with Gasteiger partial charge < -0.3 is 5.11 Å². The second-order valence-electron chi connectivity index (χ2n) is 5.76. The lowest BCUT2D eigenvalue weighted by Crippen LogP contribution is -2.34. The predicted octanol–water partition coefficient (Wildman–Crippen LogP) is 3.03. The summed E-state index contributed by atoms with van der Waals surface area (Å²) in [6, 6.07) is 10.7. The first-order valence-electron chi connectivity index (χ1n) is 6.47. The molecule has 2 aliphatic rings. The Morgan fingerprint density at radius 1 is 1.19 bits per heavy atom. The quantitative estimate of drug-likeness (QED) is 0.823. The summed E-state index contributed by atoms with van der Waals surface area (Å²) in [6.45, 7) is 0.378. The highest BCUT2D eigenvalue weighted by Gasteiger charge is 2.50. The summed E-state index contributed by atoms with van der Waals surface area (Å²) in [6.07, 6.45) is 6.45. The van der Waals surface area contributed by atoms with Crippen molar-refractivity contribution in [1.82, 2.24) is 0 Å². The molecule has 3 atom stereocenters. The van der Waals surface area contributed by atoms with Crippen molar-refractivity contribution in [3.8, 4) is 0 Å². The lowest BCUT2D eigenvalue weighted by atomic mass is 9.70. The van der Waals surface area contributed by atoms with Crippen molar-refractivity contribution in [2.24, 2.45) is 17.3 Å². The van der Waals surface area contributed by atoms with Gasteiger partial charge in [0.1, 0.15) is 0 Å². The third-order valence-electron chi connectivity index (χ3n) is 4.82. The third-order valence-corrected chi connectivity index (χ3v) is 4.82. The Morgan fingerprint density at radius 2 is 2.00 bits per heavy atom. The van der Waals surface area contributed by atoms with Gasteiger partial charge in [-0.05, 0) is 43.1 Å². The molecular weight excluding hydrogens is 196 g/mol. The van der Waals surface area contributed by atoms with Gasteiger partial charge >= 0.3 is 0 Å². The van der Waals surface area contributed by atoms with Crippen molar-refractivity contribution in [2.75, 3.05) is 6.61 Å². The third kappa shape index (κ3) is 1.58. The lowest BCUT2D eigenvalue weighted by molar-refractivity contribution is 0.0651. The molecule has 0 aliphatic heterocycles. The van der Waals surface area contributed by atoms with E-state index in [0.717, 1.165) is 18.3 Å². The van der Waals surface area contributed by atoms with Crippen molar-refractivity contribution < 1.29 is 5.11 Å². The smallest absolute Gasteiger partial charge is 0.0493 e. The van der Waals surface area contributed by atoms with Crippen LogP contribution in [0.5, 0.6) is 0 Å².